The van der Waals surface area contributed by atoms with Crippen molar-refractivity contribution in [2.24, 2.45) is 0 Å². The first kappa shape index (κ1) is 18.8. The van der Waals surface area contributed by atoms with Crippen LogP contribution < -0.4 is 16.0 Å². The normalized spacial score (nSPS) is 14.4. The second kappa shape index (κ2) is 9.66. The monoisotopic (exact) mass is 347 g/mol. The molecule has 0 aromatic heterocycles. The van der Waals surface area contributed by atoms with E-state index in [1.807, 2.05) is 0 Å². The SMILES string of the molecule is CCOC(=O)c1ccc(NC(=O)CNC(=O)NC2CCCCC2)cc1. The largest absolute Gasteiger partial charge is 0.462 e. The highest BCUT2D eigenvalue weighted by atomic mass is 16.5. The van der Waals surface area contributed by atoms with Gasteiger partial charge in [-0.25, -0.2) is 9.59 Å². The molecule has 7 heteroatoms. The molecule has 7 nitrogen and oxygen atoms in total. The lowest BCUT2D eigenvalue weighted by Crippen LogP contribution is -2.45. The lowest BCUT2D eigenvalue weighted by Gasteiger charge is -2.22. The number of hydrogen-bond donors (Lipinski definition) is 3. The quantitative estimate of drug-likeness (QED) is 0.689. The van der Waals surface area contributed by atoms with Gasteiger partial charge in [-0.15, -0.1) is 0 Å². The molecule has 1 aromatic carbocycles. The smallest absolute Gasteiger partial charge is 0.338 e. The summed E-state index contributed by atoms with van der Waals surface area (Å²) in [4.78, 5) is 35.2. The molecule has 0 atom stereocenters. The van der Waals surface area contributed by atoms with E-state index in [0.29, 0.717) is 17.9 Å². The van der Waals surface area contributed by atoms with E-state index in [-0.39, 0.29) is 24.5 Å². The van der Waals surface area contributed by atoms with Gasteiger partial charge in [0.05, 0.1) is 18.7 Å². The van der Waals surface area contributed by atoms with Gasteiger partial charge in [0.2, 0.25) is 5.91 Å². The zero-order chi connectivity index (χ0) is 18.1. The molecule has 1 fully saturated rings. The Hall–Kier alpha value is -2.57. The van der Waals surface area contributed by atoms with Gasteiger partial charge in [-0.2, -0.15) is 0 Å². The highest BCUT2D eigenvalue weighted by Gasteiger charge is 2.16. The standard InChI is InChI=1S/C18H25N3O4/c1-2-25-17(23)13-8-10-15(11-9-13)20-16(22)12-19-18(24)21-14-6-4-3-5-7-14/h8-11,14H,2-7,12H2,1H3,(H,20,22)(H2,19,21,24). The Morgan fingerprint density at radius 1 is 1.08 bits per heavy atom. The first-order valence-electron chi connectivity index (χ1n) is 8.70. The summed E-state index contributed by atoms with van der Waals surface area (Å²) in [7, 11) is 0. The molecule has 1 aliphatic carbocycles. The lowest BCUT2D eigenvalue weighted by atomic mass is 9.96. The van der Waals surface area contributed by atoms with Gasteiger partial charge in [0, 0.05) is 11.7 Å². The maximum absolute atomic E-state index is 11.9. The number of esters is 1. The van der Waals surface area contributed by atoms with Gasteiger partial charge in [0.1, 0.15) is 0 Å². The van der Waals surface area contributed by atoms with E-state index in [1.54, 1.807) is 31.2 Å². The predicted octanol–water partition coefficient (Wildman–Crippen LogP) is 2.43. The number of nitrogens with one attached hydrogen (secondary N) is 3. The van der Waals surface area contributed by atoms with Crippen molar-refractivity contribution in [3.63, 3.8) is 0 Å². The summed E-state index contributed by atoms with van der Waals surface area (Å²) >= 11 is 0. The second-order valence-corrected chi connectivity index (χ2v) is 6.01. The molecule has 1 aromatic rings. The molecule has 136 valence electrons. The van der Waals surface area contributed by atoms with Crippen LogP contribution in [0.5, 0.6) is 0 Å². The molecule has 0 bridgehead atoms. The summed E-state index contributed by atoms with van der Waals surface area (Å²) < 4.78 is 4.90. The molecule has 1 saturated carbocycles. The zero-order valence-corrected chi connectivity index (χ0v) is 14.5. The topological polar surface area (TPSA) is 96.5 Å². The number of urea groups is 1. The van der Waals surface area contributed by atoms with E-state index in [9.17, 15) is 14.4 Å². The summed E-state index contributed by atoms with van der Waals surface area (Å²) in [6, 6.07) is 6.28. The molecule has 25 heavy (non-hydrogen) atoms. The number of benzene rings is 1. The van der Waals surface area contributed by atoms with E-state index in [2.05, 4.69) is 16.0 Å². The first-order chi connectivity index (χ1) is 12.1. The maximum Gasteiger partial charge on any atom is 0.338 e. The van der Waals surface area contributed by atoms with E-state index in [0.717, 1.165) is 25.7 Å². The van der Waals surface area contributed by atoms with E-state index in [4.69, 9.17) is 4.74 Å². The molecule has 3 N–H and O–H groups in total. The Morgan fingerprint density at radius 2 is 1.76 bits per heavy atom. The van der Waals surface area contributed by atoms with Crippen LogP contribution in [0, 0.1) is 0 Å². The van der Waals surface area contributed by atoms with Crippen molar-refractivity contribution in [3.05, 3.63) is 29.8 Å². The van der Waals surface area contributed by atoms with Crippen molar-refractivity contribution < 1.29 is 19.1 Å². The van der Waals surface area contributed by atoms with Crippen molar-refractivity contribution in [1.82, 2.24) is 10.6 Å². The van der Waals surface area contributed by atoms with Crippen LogP contribution >= 0.6 is 0 Å². The first-order valence-corrected chi connectivity index (χ1v) is 8.70. The molecule has 3 amide bonds. The van der Waals surface area contributed by atoms with Crippen LogP contribution in [0.1, 0.15) is 49.4 Å². The lowest BCUT2D eigenvalue weighted by molar-refractivity contribution is -0.115. The third-order valence-corrected chi connectivity index (χ3v) is 4.03. The van der Waals surface area contributed by atoms with Gasteiger partial charge >= 0.3 is 12.0 Å². The van der Waals surface area contributed by atoms with E-state index >= 15 is 0 Å². The van der Waals surface area contributed by atoms with Crippen LogP contribution in [0.4, 0.5) is 10.5 Å². The van der Waals surface area contributed by atoms with Crippen LogP contribution in [0.2, 0.25) is 0 Å². The molecule has 0 saturated heterocycles. The van der Waals surface area contributed by atoms with Gasteiger partial charge in [0.25, 0.3) is 0 Å². The average molecular weight is 347 g/mol. The van der Waals surface area contributed by atoms with Crippen molar-refractivity contribution >= 4 is 23.6 Å². The van der Waals surface area contributed by atoms with Crippen LogP contribution in [0.15, 0.2) is 24.3 Å². The summed E-state index contributed by atoms with van der Waals surface area (Å²) in [5.74, 6) is -0.732. The predicted molar refractivity (Wildman–Crippen MR) is 94.4 cm³/mol. The Labute approximate surface area is 147 Å². The van der Waals surface area contributed by atoms with Crippen LogP contribution in [-0.2, 0) is 9.53 Å². The summed E-state index contributed by atoms with van der Waals surface area (Å²) in [5.41, 5.74) is 0.970. The second-order valence-electron chi connectivity index (χ2n) is 6.01. The molecular formula is C18H25N3O4. The number of hydrogen-bond acceptors (Lipinski definition) is 4. The Morgan fingerprint density at radius 3 is 2.40 bits per heavy atom. The Bertz CT molecular complexity index is 595. The van der Waals surface area contributed by atoms with Gasteiger partial charge < -0.3 is 20.7 Å². The fraction of sp³-hybridized carbons (Fsp3) is 0.500. The minimum Gasteiger partial charge on any atom is -0.462 e. The number of anilines is 1. The fourth-order valence-corrected chi connectivity index (χ4v) is 2.75. The molecule has 0 aliphatic heterocycles. The Kier molecular flexibility index (Phi) is 7.25. The molecule has 2 rings (SSSR count). The number of carbonyl (C=O) groups excluding carboxylic acids is 3. The summed E-state index contributed by atoms with van der Waals surface area (Å²) in [6.07, 6.45) is 5.47. The fourth-order valence-electron chi connectivity index (χ4n) is 2.75. The molecule has 0 radical (unpaired) electrons. The zero-order valence-electron chi connectivity index (χ0n) is 14.5. The third-order valence-electron chi connectivity index (χ3n) is 4.03. The van der Waals surface area contributed by atoms with Crippen molar-refractivity contribution in [2.75, 3.05) is 18.5 Å². The third kappa shape index (κ3) is 6.45. The van der Waals surface area contributed by atoms with Crippen molar-refractivity contribution in [3.8, 4) is 0 Å². The average Bonchev–Trinajstić information content (AvgIpc) is 2.62. The number of carbonyl (C=O) groups is 3. The minimum absolute atomic E-state index is 0.113. The van der Waals surface area contributed by atoms with Crippen molar-refractivity contribution in [2.45, 2.75) is 45.1 Å². The molecule has 0 heterocycles. The van der Waals surface area contributed by atoms with Gasteiger partial charge in [-0.3, -0.25) is 4.79 Å². The van der Waals surface area contributed by atoms with Gasteiger partial charge in [-0.05, 0) is 44.0 Å². The maximum atomic E-state index is 11.9. The molecule has 0 spiro atoms. The van der Waals surface area contributed by atoms with Crippen LogP contribution in [0.3, 0.4) is 0 Å². The minimum atomic E-state index is -0.401. The van der Waals surface area contributed by atoms with E-state index < -0.39 is 5.97 Å². The van der Waals surface area contributed by atoms with E-state index in [1.165, 1.54) is 6.42 Å². The molecule has 0 unspecified atom stereocenters. The number of rotatable bonds is 6. The molecule has 1 aliphatic rings. The Balaban J connectivity index is 1.72. The molecular weight excluding hydrogens is 322 g/mol. The number of ether oxygens (including phenoxy) is 1. The van der Waals surface area contributed by atoms with Crippen molar-refractivity contribution in [1.29, 1.82) is 0 Å². The number of amides is 3. The van der Waals surface area contributed by atoms with Gasteiger partial charge in [0.15, 0.2) is 0 Å². The van der Waals surface area contributed by atoms with Gasteiger partial charge in [-0.1, -0.05) is 19.3 Å². The highest BCUT2D eigenvalue weighted by molar-refractivity contribution is 5.95. The summed E-state index contributed by atoms with van der Waals surface area (Å²) in [6.45, 7) is 1.94. The summed E-state index contributed by atoms with van der Waals surface area (Å²) in [5, 5.41) is 8.11. The van der Waals surface area contributed by atoms with Crippen LogP contribution in [0.25, 0.3) is 0 Å². The van der Waals surface area contributed by atoms with Crippen LogP contribution in [-0.4, -0.2) is 37.1 Å². The highest BCUT2D eigenvalue weighted by Crippen LogP contribution is 2.17.